The summed E-state index contributed by atoms with van der Waals surface area (Å²) in [5.74, 6) is -1.50. The van der Waals surface area contributed by atoms with Crippen molar-refractivity contribution in [2.75, 3.05) is 4.90 Å². The average molecular weight is 522 g/mol. The van der Waals surface area contributed by atoms with Crippen LogP contribution in [0.25, 0.3) is 0 Å². The lowest BCUT2D eigenvalue weighted by Gasteiger charge is -2.45. The molecule has 36 heavy (non-hydrogen) atoms. The third-order valence-corrected chi connectivity index (χ3v) is 6.17. The molecule has 1 saturated heterocycles. The molecule has 1 N–H and O–H groups in total. The molecule has 0 bridgehead atoms. The van der Waals surface area contributed by atoms with Gasteiger partial charge < -0.3 is 10.0 Å². The maximum atomic E-state index is 13.6. The molecule has 0 saturated carbocycles. The number of alkyl halides is 6. The zero-order valence-corrected chi connectivity index (χ0v) is 19.5. The van der Waals surface area contributed by atoms with Gasteiger partial charge in [0.15, 0.2) is 0 Å². The molecule has 9 nitrogen and oxygen atoms in total. The van der Waals surface area contributed by atoms with Crippen molar-refractivity contribution < 1.29 is 41.0 Å². The second-order valence-corrected chi connectivity index (χ2v) is 8.49. The first-order valence-corrected chi connectivity index (χ1v) is 11.1. The first kappa shape index (κ1) is 27.2. The van der Waals surface area contributed by atoms with Gasteiger partial charge in [-0.25, -0.2) is 4.79 Å². The SMILES string of the molecule is CCC1CC(N(C(=O)c2cc(C(F)(F)F)cc(C(F)(F)F)c2)c2nnn(C)n2)CC(CC)N1C(=O)O. The van der Waals surface area contributed by atoms with Gasteiger partial charge in [-0.15, -0.1) is 5.10 Å². The lowest BCUT2D eigenvalue weighted by molar-refractivity contribution is -0.143. The Kier molecular flexibility index (Phi) is 7.50. The van der Waals surface area contributed by atoms with Crippen molar-refractivity contribution in [3.8, 4) is 0 Å². The molecule has 0 aliphatic carbocycles. The van der Waals surface area contributed by atoms with E-state index >= 15 is 0 Å². The highest BCUT2D eigenvalue weighted by molar-refractivity contribution is 6.05. The van der Waals surface area contributed by atoms with E-state index in [0.717, 1.165) is 9.70 Å². The van der Waals surface area contributed by atoms with Crippen LogP contribution >= 0.6 is 0 Å². The molecule has 0 spiro atoms. The Balaban J connectivity index is 2.13. The highest BCUT2D eigenvalue weighted by atomic mass is 19.4. The molecule has 2 amide bonds. The van der Waals surface area contributed by atoms with Gasteiger partial charge in [-0.2, -0.15) is 31.1 Å². The number of aromatic nitrogens is 4. The van der Waals surface area contributed by atoms with Crippen molar-refractivity contribution in [1.29, 1.82) is 0 Å². The Morgan fingerprint density at radius 1 is 1.00 bits per heavy atom. The minimum Gasteiger partial charge on any atom is -0.465 e. The third-order valence-electron chi connectivity index (χ3n) is 6.17. The van der Waals surface area contributed by atoms with Crippen LogP contribution in [0.5, 0.6) is 0 Å². The maximum Gasteiger partial charge on any atom is 0.416 e. The summed E-state index contributed by atoms with van der Waals surface area (Å²) in [6.45, 7) is 3.48. The summed E-state index contributed by atoms with van der Waals surface area (Å²) in [6.07, 6.45) is -10.5. The Hall–Kier alpha value is -3.39. The van der Waals surface area contributed by atoms with Crippen LogP contribution in [0.4, 0.5) is 37.1 Å². The van der Waals surface area contributed by atoms with E-state index in [1.165, 1.54) is 11.9 Å². The summed E-state index contributed by atoms with van der Waals surface area (Å²) in [5.41, 5.74) is -4.12. The van der Waals surface area contributed by atoms with Crippen molar-refractivity contribution in [3.63, 3.8) is 0 Å². The first-order valence-electron chi connectivity index (χ1n) is 11.1. The number of anilines is 1. The van der Waals surface area contributed by atoms with Gasteiger partial charge in [0.2, 0.25) is 0 Å². The number of carboxylic acid groups (broad SMARTS) is 1. The monoisotopic (exact) mass is 522 g/mol. The second-order valence-electron chi connectivity index (χ2n) is 8.49. The van der Waals surface area contributed by atoms with Gasteiger partial charge in [-0.3, -0.25) is 9.69 Å². The largest absolute Gasteiger partial charge is 0.465 e. The number of amides is 2. The number of piperidine rings is 1. The Morgan fingerprint density at radius 2 is 1.50 bits per heavy atom. The van der Waals surface area contributed by atoms with Crippen LogP contribution in [0.3, 0.4) is 0 Å². The molecule has 1 aromatic heterocycles. The summed E-state index contributed by atoms with van der Waals surface area (Å²) >= 11 is 0. The number of aryl methyl sites for hydroxylation is 1. The molecule has 3 rings (SSSR count). The maximum absolute atomic E-state index is 13.6. The standard InChI is InChI=1S/C21H24F6N6O3/c1-4-14-9-16(10-15(5-2)32(14)19(35)36)33(18-28-30-31(3)29-18)17(34)11-6-12(20(22,23)24)8-13(7-11)21(25,26)27/h6-8,14-16H,4-5,9-10H2,1-3H3,(H,35,36). The van der Waals surface area contributed by atoms with Crippen LogP contribution < -0.4 is 4.90 Å². The van der Waals surface area contributed by atoms with Crippen LogP contribution in [-0.4, -0.2) is 60.3 Å². The highest BCUT2D eigenvalue weighted by Gasteiger charge is 2.43. The predicted octanol–water partition coefficient (Wildman–Crippen LogP) is 4.59. The Bertz CT molecular complexity index is 1070. The number of rotatable bonds is 5. The lowest BCUT2D eigenvalue weighted by Crippen LogP contribution is -2.57. The number of carbonyl (C=O) groups is 2. The normalized spacial score (nSPS) is 20.9. The van der Waals surface area contributed by atoms with E-state index < -0.39 is 59.2 Å². The van der Waals surface area contributed by atoms with Gasteiger partial charge in [-0.05, 0) is 49.1 Å². The van der Waals surface area contributed by atoms with Gasteiger partial charge >= 0.3 is 18.4 Å². The fraction of sp³-hybridized carbons (Fsp3) is 0.571. The Morgan fingerprint density at radius 3 is 1.86 bits per heavy atom. The number of hydrogen-bond donors (Lipinski definition) is 1. The molecule has 198 valence electrons. The number of likely N-dealkylation sites (tertiary alicyclic amines) is 1. The van der Waals surface area contributed by atoms with Crippen molar-refractivity contribution in [1.82, 2.24) is 25.1 Å². The van der Waals surface area contributed by atoms with Crippen LogP contribution in [0.2, 0.25) is 0 Å². The van der Waals surface area contributed by atoms with Gasteiger partial charge in [0.1, 0.15) is 0 Å². The van der Waals surface area contributed by atoms with E-state index in [9.17, 15) is 41.0 Å². The number of carbonyl (C=O) groups excluding carboxylic acids is 1. The van der Waals surface area contributed by atoms with Crippen LogP contribution in [0.1, 0.15) is 61.0 Å². The fourth-order valence-corrected chi connectivity index (χ4v) is 4.51. The van der Waals surface area contributed by atoms with Crippen molar-refractivity contribution in [3.05, 3.63) is 34.9 Å². The summed E-state index contributed by atoms with van der Waals surface area (Å²) in [6, 6.07) is -1.27. The quantitative estimate of drug-likeness (QED) is 0.576. The molecular weight excluding hydrogens is 498 g/mol. The second kappa shape index (κ2) is 9.93. The minimum atomic E-state index is -5.14. The summed E-state index contributed by atoms with van der Waals surface area (Å²) in [7, 11) is 1.38. The number of nitrogens with zero attached hydrogens (tertiary/aromatic N) is 6. The molecule has 2 unspecified atom stereocenters. The van der Waals surface area contributed by atoms with Gasteiger partial charge in [-0.1, -0.05) is 18.9 Å². The van der Waals surface area contributed by atoms with E-state index in [1.807, 2.05) is 0 Å². The predicted molar refractivity (Wildman–Crippen MR) is 113 cm³/mol. The molecule has 1 aliphatic heterocycles. The molecule has 1 aromatic carbocycles. The zero-order valence-electron chi connectivity index (χ0n) is 19.5. The van der Waals surface area contributed by atoms with Gasteiger partial charge in [0.25, 0.3) is 11.9 Å². The summed E-state index contributed by atoms with van der Waals surface area (Å²) < 4.78 is 80.4. The average Bonchev–Trinajstić information content (AvgIpc) is 3.22. The zero-order chi connectivity index (χ0) is 27.0. The minimum absolute atomic E-state index is 0.0622. The molecule has 2 atom stereocenters. The molecule has 1 aliphatic rings. The summed E-state index contributed by atoms with van der Waals surface area (Å²) in [5, 5.41) is 21.0. The Labute approximate surface area is 201 Å². The number of benzene rings is 1. The van der Waals surface area contributed by atoms with Gasteiger partial charge in [0.05, 0.1) is 18.2 Å². The first-order chi connectivity index (χ1) is 16.7. The number of hydrogen-bond acceptors (Lipinski definition) is 5. The van der Waals surface area contributed by atoms with E-state index in [0.29, 0.717) is 25.0 Å². The topological polar surface area (TPSA) is 104 Å². The molecule has 0 radical (unpaired) electrons. The summed E-state index contributed by atoms with van der Waals surface area (Å²) in [4.78, 5) is 28.6. The number of tetrazole rings is 1. The van der Waals surface area contributed by atoms with Crippen LogP contribution in [0.15, 0.2) is 18.2 Å². The van der Waals surface area contributed by atoms with Crippen molar-refractivity contribution in [2.24, 2.45) is 7.05 Å². The van der Waals surface area contributed by atoms with E-state index in [1.54, 1.807) is 13.8 Å². The fourth-order valence-electron chi connectivity index (χ4n) is 4.51. The van der Waals surface area contributed by atoms with Crippen molar-refractivity contribution >= 4 is 17.9 Å². The molecule has 2 heterocycles. The van der Waals surface area contributed by atoms with Crippen LogP contribution in [0, 0.1) is 0 Å². The van der Waals surface area contributed by atoms with E-state index in [-0.39, 0.29) is 24.9 Å². The highest BCUT2D eigenvalue weighted by Crippen LogP contribution is 2.38. The third kappa shape index (κ3) is 5.54. The van der Waals surface area contributed by atoms with Crippen molar-refractivity contribution in [2.45, 2.75) is 70.0 Å². The molecule has 1 fully saturated rings. The number of halogens is 6. The van der Waals surface area contributed by atoms with Gasteiger partial charge in [0, 0.05) is 23.7 Å². The van der Waals surface area contributed by atoms with E-state index in [2.05, 4.69) is 15.4 Å². The molecule has 2 aromatic rings. The smallest absolute Gasteiger partial charge is 0.416 e. The molecular formula is C21H24F6N6O3. The lowest BCUT2D eigenvalue weighted by atomic mass is 9.87. The van der Waals surface area contributed by atoms with Crippen LogP contribution in [-0.2, 0) is 19.4 Å². The van der Waals surface area contributed by atoms with E-state index in [4.69, 9.17) is 0 Å². The molecule has 15 heteroatoms.